The second-order valence-electron chi connectivity index (χ2n) is 9.25. The Kier molecular flexibility index (Phi) is 9.67. The van der Waals surface area contributed by atoms with E-state index in [-0.39, 0.29) is 18.4 Å². The van der Waals surface area contributed by atoms with Crippen LogP contribution in [-0.4, -0.2) is 57.1 Å². The number of benzene rings is 2. The largest absolute Gasteiger partial charge is 0.354 e. The monoisotopic (exact) mass is 487 g/mol. The van der Waals surface area contributed by atoms with Gasteiger partial charge in [-0.1, -0.05) is 50.2 Å². The van der Waals surface area contributed by atoms with Crippen molar-refractivity contribution < 1.29 is 18.0 Å². The van der Waals surface area contributed by atoms with Gasteiger partial charge in [-0.15, -0.1) is 0 Å². The summed E-state index contributed by atoms with van der Waals surface area (Å²) in [7, 11) is -3.73. The van der Waals surface area contributed by atoms with Gasteiger partial charge in [-0.3, -0.25) is 13.9 Å². The van der Waals surface area contributed by atoms with Crippen molar-refractivity contribution in [1.82, 2.24) is 10.2 Å². The topological polar surface area (TPSA) is 86.8 Å². The quantitative estimate of drug-likeness (QED) is 0.527. The van der Waals surface area contributed by atoms with E-state index in [9.17, 15) is 18.0 Å². The second kappa shape index (κ2) is 12.0. The molecule has 0 radical (unpaired) electrons. The van der Waals surface area contributed by atoms with Crippen molar-refractivity contribution in [1.29, 1.82) is 0 Å². The van der Waals surface area contributed by atoms with Crippen LogP contribution in [0.1, 0.15) is 37.5 Å². The molecule has 1 unspecified atom stereocenters. The maximum absolute atomic E-state index is 13.5. The Balaban J connectivity index is 2.32. The van der Waals surface area contributed by atoms with Crippen molar-refractivity contribution in [3.8, 4) is 0 Å². The third-order valence-electron chi connectivity index (χ3n) is 5.51. The van der Waals surface area contributed by atoms with Crippen molar-refractivity contribution in [2.24, 2.45) is 5.92 Å². The van der Waals surface area contributed by atoms with Gasteiger partial charge in [0.15, 0.2) is 0 Å². The molecule has 0 fully saturated rings. The van der Waals surface area contributed by atoms with Crippen molar-refractivity contribution in [2.75, 3.05) is 30.2 Å². The number of sulfonamides is 1. The van der Waals surface area contributed by atoms with Crippen molar-refractivity contribution in [3.63, 3.8) is 0 Å². The summed E-state index contributed by atoms with van der Waals surface area (Å²) in [6, 6.07) is 14.4. The first kappa shape index (κ1) is 27.4. The molecule has 0 heterocycles. The number of carbonyl (C=O) groups is 2. The Morgan fingerprint density at radius 3 is 2.09 bits per heavy atom. The van der Waals surface area contributed by atoms with Gasteiger partial charge in [0.25, 0.3) is 0 Å². The zero-order valence-electron chi connectivity index (χ0n) is 21.0. The summed E-state index contributed by atoms with van der Waals surface area (Å²) in [6.07, 6.45) is 1.64. The lowest BCUT2D eigenvalue weighted by Crippen LogP contribution is -2.52. The zero-order valence-corrected chi connectivity index (χ0v) is 21.9. The minimum absolute atomic E-state index is 0.257. The minimum atomic E-state index is -3.73. The molecule has 0 bridgehead atoms. The maximum Gasteiger partial charge on any atom is 0.244 e. The van der Waals surface area contributed by atoms with E-state index in [1.54, 1.807) is 19.1 Å². The fourth-order valence-corrected chi connectivity index (χ4v) is 4.56. The lowest BCUT2D eigenvalue weighted by molar-refractivity contribution is -0.138. The maximum atomic E-state index is 13.5. The van der Waals surface area contributed by atoms with Crippen LogP contribution in [0.5, 0.6) is 0 Å². The van der Waals surface area contributed by atoms with Crippen LogP contribution < -0.4 is 9.62 Å². The molecule has 1 atom stereocenters. The van der Waals surface area contributed by atoms with Gasteiger partial charge in [0.05, 0.1) is 11.9 Å². The molecule has 2 aromatic carbocycles. The fourth-order valence-electron chi connectivity index (χ4n) is 3.73. The van der Waals surface area contributed by atoms with Crippen LogP contribution in [0.15, 0.2) is 48.5 Å². The molecule has 0 aliphatic carbocycles. The minimum Gasteiger partial charge on any atom is -0.354 e. The first-order valence-corrected chi connectivity index (χ1v) is 13.4. The Bertz CT molecular complexity index is 1060. The van der Waals surface area contributed by atoms with E-state index in [0.29, 0.717) is 25.2 Å². The molecule has 0 aliphatic rings. The molecule has 0 saturated carbocycles. The molecule has 0 spiro atoms. The molecule has 0 aliphatic heterocycles. The average molecular weight is 488 g/mol. The molecule has 1 N–H and O–H groups in total. The smallest absolute Gasteiger partial charge is 0.244 e. The normalized spacial score (nSPS) is 12.3. The SMILES string of the molecule is Cc1cc(C)cc(N(CC(=O)N(CCc2ccccc2)C(C)C(=O)NCC(C)C)S(C)(=O)=O)c1. The van der Waals surface area contributed by atoms with E-state index >= 15 is 0 Å². The lowest BCUT2D eigenvalue weighted by Gasteiger charge is -2.31. The highest BCUT2D eigenvalue weighted by Gasteiger charge is 2.29. The molecule has 186 valence electrons. The van der Waals surface area contributed by atoms with Crippen LogP contribution >= 0.6 is 0 Å². The molecule has 2 amide bonds. The summed E-state index contributed by atoms with van der Waals surface area (Å²) in [5, 5.41) is 2.88. The van der Waals surface area contributed by atoms with E-state index < -0.39 is 22.0 Å². The zero-order chi connectivity index (χ0) is 25.5. The van der Waals surface area contributed by atoms with Gasteiger partial charge in [0.2, 0.25) is 21.8 Å². The predicted molar refractivity (Wildman–Crippen MR) is 137 cm³/mol. The average Bonchev–Trinajstić information content (AvgIpc) is 2.74. The van der Waals surface area contributed by atoms with E-state index in [4.69, 9.17) is 0 Å². The number of amides is 2. The van der Waals surface area contributed by atoms with E-state index in [0.717, 1.165) is 27.3 Å². The molecule has 7 nitrogen and oxygen atoms in total. The summed E-state index contributed by atoms with van der Waals surface area (Å²) in [6.45, 7) is 9.86. The lowest BCUT2D eigenvalue weighted by atomic mass is 10.1. The summed E-state index contributed by atoms with van der Waals surface area (Å²) in [4.78, 5) is 27.8. The molecule has 0 aromatic heterocycles. The Hall–Kier alpha value is -2.87. The first-order valence-electron chi connectivity index (χ1n) is 11.6. The first-order chi connectivity index (χ1) is 15.9. The highest BCUT2D eigenvalue weighted by molar-refractivity contribution is 7.92. The van der Waals surface area contributed by atoms with Gasteiger partial charge >= 0.3 is 0 Å². The van der Waals surface area contributed by atoms with Gasteiger partial charge in [0.1, 0.15) is 12.6 Å². The molecular formula is C26H37N3O4S. The molecule has 0 saturated heterocycles. The third-order valence-corrected chi connectivity index (χ3v) is 6.65. The molecule has 2 aromatic rings. The van der Waals surface area contributed by atoms with Crippen molar-refractivity contribution in [3.05, 3.63) is 65.2 Å². The van der Waals surface area contributed by atoms with Gasteiger partial charge < -0.3 is 10.2 Å². The van der Waals surface area contributed by atoms with Crippen LogP contribution in [0.4, 0.5) is 5.69 Å². The summed E-state index contributed by atoms with van der Waals surface area (Å²) in [5.74, 6) is -0.407. The number of rotatable bonds is 11. The van der Waals surface area contributed by atoms with Crippen LogP contribution in [0, 0.1) is 19.8 Å². The number of carbonyl (C=O) groups excluding carboxylic acids is 2. The third kappa shape index (κ3) is 8.17. The Morgan fingerprint density at radius 1 is 0.971 bits per heavy atom. The number of nitrogens with one attached hydrogen (secondary N) is 1. The van der Waals surface area contributed by atoms with E-state index in [2.05, 4.69) is 5.32 Å². The number of aryl methyl sites for hydroxylation is 2. The highest BCUT2D eigenvalue weighted by atomic mass is 32.2. The van der Waals surface area contributed by atoms with Gasteiger partial charge in [0, 0.05) is 13.1 Å². The molecule has 2 rings (SSSR count). The van der Waals surface area contributed by atoms with Crippen LogP contribution in [-0.2, 0) is 26.0 Å². The fraction of sp³-hybridized carbons (Fsp3) is 0.462. The van der Waals surface area contributed by atoms with Gasteiger partial charge in [-0.25, -0.2) is 8.42 Å². The number of nitrogens with zero attached hydrogens (tertiary/aromatic N) is 2. The Labute approximate surface area is 204 Å². The van der Waals surface area contributed by atoms with Gasteiger partial charge in [-0.05, 0) is 61.9 Å². The van der Waals surface area contributed by atoms with Gasteiger partial charge in [-0.2, -0.15) is 0 Å². The Morgan fingerprint density at radius 2 is 1.56 bits per heavy atom. The standard InChI is InChI=1S/C26H37N3O4S/c1-19(2)17-27-26(31)22(5)28(13-12-23-10-8-7-9-11-23)25(30)18-29(34(6,32)33)24-15-20(3)14-21(4)16-24/h7-11,14-16,19,22H,12-13,17-18H2,1-6H3,(H,27,31). The number of hydrogen-bond acceptors (Lipinski definition) is 4. The predicted octanol–water partition coefficient (Wildman–Crippen LogP) is 3.30. The van der Waals surface area contributed by atoms with Crippen LogP contribution in [0.3, 0.4) is 0 Å². The summed E-state index contributed by atoms with van der Waals surface area (Å²) < 4.78 is 26.4. The molecule has 8 heteroatoms. The van der Waals surface area contributed by atoms with E-state index in [1.807, 2.05) is 64.1 Å². The highest BCUT2D eigenvalue weighted by Crippen LogP contribution is 2.22. The summed E-state index contributed by atoms with van der Waals surface area (Å²) in [5.41, 5.74) is 3.27. The van der Waals surface area contributed by atoms with Crippen LogP contribution in [0.2, 0.25) is 0 Å². The molecule has 34 heavy (non-hydrogen) atoms. The second-order valence-corrected chi connectivity index (χ2v) is 11.2. The molecular weight excluding hydrogens is 450 g/mol. The van der Waals surface area contributed by atoms with Crippen molar-refractivity contribution in [2.45, 2.75) is 47.1 Å². The van der Waals surface area contributed by atoms with Crippen LogP contribution in [0.25, 0.3) is 0 Å². The number of anilines is 1. The van der Waals surface area contributed by atoms with Crippen molar-refractivity contribution >= 4 is 27.5 Å². The van der Waals surface area contributed by atoms with E-state index in [1.165, 1.54) is 4.90 Å². The summed E-state index contributed by atoms with van der Waals surface area (Å²) >= 11 is 0. The number of hydrogen-bond donors (Lipinski definition) is 1.